The van der Waals surface area contributed by atoms with E-state index in [0.717, 1.165) is 16.4 Å². The zero-order valence-corrected chi connectivity index (χ0v) is 11.5. The molecule has 0 atom stereocenters. The molecule has 0 bridgehead atoms. The first-order valence-electron chi connectivity index (χ1n) is 3.31. The molecule has 0 unspecified atom stereocenters. The number of halogens is 2. The summed E-state index contributed by atoms with van der Waals surface area (Å²) in [7, 11) is 0. The molecule has 4 nitrogen and oxygen atoms in total. The molecule has 2 rings (SSSR count). The van der Waals surface area contributed by atoms with Gasteiger partial charge in [-0.2, -0.15) is 0 Å². The van der Waals surface area contributed by atoms with E-state index in [1.165, 1.54) is 0 Å². The van der Waals surface area contributed by atoms with Crippen LogP contribution in [-0.2, 0) is 0 Å². The van der Waals surface area contributed by atoms with Crippen molar-refractivity contribution in [1.29, 1.82) is 0 Å². The fourth-order valence-corrected chi connectivity index (χ4v) is 3.92. The molecule has 0 fully saturated rings. The molecule has 70 valence electrons. The molecule has 1 aliphatic rings. The first-order valence-corrected chi connectivity index (χ1v) is 8.72. The number of hydrogen-bond donors (Lipinski definition) is 2. The molecular weight excluding hydrogens is 414 g/mol. The van der Waals surface area contributed by atoms with Crippen LogP contribution in [0.3, 0.4) is 0 Å². The Morgan fingerprint density at radius 3 is 3.00 bits per heavy atom. The first-order chi connectivity index (χ1) is 6.29. The van der Waals surface area contributed by atoms with E-state index in [9.17, 15) is 0 Å². The van der Waals surface area contributed by atoms with Crippen LogP contribution in [0.5, 0.6) is 0 Å². The summed E-state index contributed by atoms with van der Waals surface area (Å²) in [6.07, 6.45) is 1.83. The summed E-state index contributed by atoms with van der Waals surface area (Å²) >= 11 is 2.06. The third-order valence-electron chi connectivity index (χ3n) is 1.41. The number of thiazole rings is 1. The average Bonchev–Trinajstić information content (AvgIpc) is 2.71. The SMILES string of the molecule is NI1C=C(c2csc(NI)n2)C=N1. The van der Waals surface area contributed by atoms with E-state index in [1.807, 2.05) is 11.6 Å². The van der Waals surface area contributed by atoms with Gasteiger partial charge in [-0.1, -0.05) is 0 Å². The van der Waals surface area contributed by atoms with E-state index in [1.54, 1.807) is 11.3 Å². The van der Waals surface area contributed by atoms with E-state index < -0.39 is 20.4 Å². The van der Waals surface area contributed by atoms with Crippen molar-refractivity contribution in [3.05, 3.63) is 15.2 Å². The van der Waals surface area contributed by atoms with Crippen LogP contribution in [0.2, 0.25) is 0 Å². The Hall–Kier alpha value is 0.260. The Balaban J connectivity index is 2.26. The molecule has 0 amide bonds. The van der Waals surface area contributed by atoms with Gasteiger partial charge in [0.05, 0.1) is 0 Å². The summed E-state index contributed by atoms with van der Waals surface area (Å²) in [5, 5.41) is 2.92. The molecule has 2 heterocycles. The Morgan fingerprint density at radius 1 is 1.62 bits per heavy atom. The van der Waals surface area contributed by atoms with Gasteiger partial charge in [0.1, 0.15) is 0 Å². The summed E-state index contributed by atoms with van der Waals surface area (Å²) in [6, 6.07) is 0. The number of anilines is 1. The van der Waals surface area contributed by atoms with Crippen LogP contribution in [0, 0.1) is 0 Å². The van der Waals surface area contributed by atoms with Gasteiger partial charge >= 0.3 is 102 Å². The molecule has 0 radical (unpaired) electrons. The normalized spacial score (nSPS) is 17.7. The van der Waals surface area contributed by atoms with Crippen molar-refractivity contribution in [1.82, 2.24) is 4.98 Å². The molecule has 1 aliphatic heterocycles. The van der Waals surface area contributed by atoms with Crippen molar-refractivity contribution < 1.29 is 0 Å². The Kier molecular flexibility index (Phi) is 3.16. The predicted octanol–water partition coefficient (Wildman–Crippen LogP) is 2.63. The fraction of sp³-hybridized carbons (Fsp3) is 0. The Morgan fingerprint density at radius 2 is 2.46 bits per heavy atom. The fourth-order valence-electron chi connectivity index (χ4n) is 0.857. The number of aromatic nitrogens is 1. The standard InChI is InChI=1S/C6H6I2N4S/c7-12-6-11-5(3-13-6)4-1-8(9)10-2-4/h1-3H,9H2,(H,11,12). The number of rotatable bonds is 2. The summed E-state index contributed by atoms with van der Waals surface area (Å²) in [5.74, 6) is 0. The van der Waals surface area contributed by atoms with Gasteiger partial charge in [-0.05, 0) is 0 Å². The topological polar surface area (TPSA) is 63.3 Å². The molecule has 13 heavy (non-hydrogen) atoms. The summed E-state index contributed by atoms with van der Waals surface area (Å²) in [5.41, 5.74) is 2.04. The first kappa shape index (κ1) is 9.80. The third kappa shape index (κ3) is 2.19. The van der Waals surface area contributed by atoms with Gasteiger partial charge in [-0.3, -0.25) is 0 Å². The molecule has 0 saturated heterocycles. The van der Waals surface area contributed by atoms with E-state index in [4.69, 9.17) is 3.95 Å². The van der Waals surface area contributed by atoms with Crippen LogP contribution in [0.4, 0.5) is 5.13 Å². The van der Waals surface area contributed by atoms with Crippen molar-refractivity contribution in [3.8, 4) is 0 Å². The van der Waals surface area contributed by atoms with Crippen LogP contribution in [0.25, 0.3) is 5.57 Å². The van der Waals surface area contributed by atoms with Crippen LogP contribution in [0.15, 0.2) is 12.7 Å². The van der Waals surface area contributed by atoms with E-state index in [2.05, 4.69) is 38.7 Å². The Bertz CT molecular complexity index is 372. The van der Waals surface area contributed by atoms with Crippen molar-refractivity contribution >= 4 is 71.5 Å². The van der Waals surface area contributed by atoms with E-state index >= 15 is 0 Å². The summed E-state index contributed by atoms with van der Waals surface area (Å²) in [4.78, 5) is 4.36. The van der Waals surface area contributed by atoms with Crippen molar-refractivity contribution in [2.45, 2.75) is 0 Å². The molecule has 1 aromatic heterocycles. The Labute approximate surface area is 101 Å². The van der Waals surface area contributed by atoms with Gasteiger partial charge in [0.2, 0.25) is 0 Å². The predicted molar refractivity (Wildman–Crippen MR) is 74.4 cm³/mol. The molecule has 3 N–H and O–H groups in total. The molecular formula is C6H6I2N4S. The summed E-state index contributed by atoms with van der Waals surface area (Å²) < 4.78 is 15.0. The van der Waals surface area contributed by atoms with E-state index in [-0.39, 0.29) is 0 Å². The molecule has 0 saturated carbocycles. The van der Waals surface area contributed by atoms with Gasteiger partial charge in [0.15, 0.2) is 0 Å². The molecule has 0 aromatic carbocycles. The minimum absolute atomic E-state index is 0.911. The second-order valence-electron chi connectivity index (χ2n) is 2.24. The van der Waals surface area contributed by atoms with Gasteiger partial charge in [0, 0.05) is 0 Å². The van der Waals surface area contributed by atoms with Crippen LogP contribution >= 0.6 is 54.6 Å². The van der Waals surface area contributed by atoms with E-state index in [0.29, 0.717) is 0 Å². The quantitative estimate of drug-likeness (QED) is 0.572. The van der Waals surface area contributed by atoms with Crippen LogP contribution in [-0.4, -0.2) is 11.2 Å². The average molecular weight is 420 g/mol. The number of allylic oxidation sites excluding steroid dienone is 1. The zero-order valence-electron chi connectivity index (χ0n) is 6.37. The minimum atomic E-state index is -1.58. The molecule has 1 aromatic rings. The van der Waals surface area contributed by atoms with Crippen molar-refractivity contribution in [2.75, 3.05) is 3.53 Å². The third-order valence-corrected chi connectivity index (χ3v) is 5.28. The van der Waals surface area contributed by atoms with Gasteiger partial charge in [-0.15, -0.1) is 0 Å². The zero-order chi connectivity index (χ0) is 9.26. The maximum absolute atomic E-state index is 5.74. The summed E-state index contributed by atoms with van der Waals surface area (Å²) in [6.45, 7) is 0. The molecule has 7 heteroatoms. The monoisotopic (exact) mass is 420 g/mol. The maximum atomic E-state index is 5.74. The van der Waals surface area contributed by atoms with Gasteiger partial charge in [0.25, 0.3) is 0 Å². The number of nitrogens with zero attached hydrogens (tertiary/aromatic N) is 2. The number of nitrogens with one attached hydrogen (secondary N) is 1. The van der Waals surface area contributed by atoms with Crippen molar-refractivity contribution in [3.63, 3.8) is 0 Å². The number of hydrogen-bond acceptors (Lipinski definition) is 5. The van der Waals surface area contributed by atoms with Crippen molar-refractivity contribution in [2.24, 2.45) is 7.15 Å². The van der Waals surface area contributed by atoms with Crippen LogP contribution < -0.4 is 7.48 Å². The number of nitrogens with two attached hydrogens (primary N) is 1. The molecule has 0 spiro atoms. The van der Waals surface area contributed by atoms with Crippen LogP contribution in [0.1, 0.15) is 5.69 Å². The van der Waals surface area contributed by atoms with Gasteiger partial charge < -0.3 is 0 Å². The molecule has 0 aliphatic carbocycles. The second kappa shape index (κ2) is 4.19. The second-order valence-corrected chi connectivity index (χ2v) is 6.66. The van der Waals surface area contributed by atoms with Gasteiger partial charge in [-0.25, -0.2) is 0 Å².